The molecule has 0 saturated heterocycles. The third kappa shape index (κ3) is 5.59. The first-order valence-corrected chi connectivity index (χ1v) is 9.09. The molecular weight excluding hydrogens is 272 g/mol. The highest BCUT2D eigenvalue weighted by Gasteiger charge is 2.14. The molecule has 0 amide bonds. The van der Waals surface area contributed by atoms with Crippen LogP contribution in [0, 0.1) is 13.8 Å². The van der Waals surface area contributed by atoms with Crippen LogP contribution in [0.15, 0.2) is 12.1 Å². The lowest BCUT2D eigenvalue weighted by Crippen LogP contribution is -2.22. The Kier molecular flexibility index (Phi) is 6.62. The largest absolute Gasteiger partial charge is 0.310 e. The van der Waals surface area contributed by atoms with E-state index in [0.29, 0.717) is 6.42 Å². The van der Waals surface area contributed by atoms with E-state index in [1.807, 2.05) is 13.8 Å². The van der Waals surface area contributed by atoms with Crippen LogP contribution < -0.4 is 5.32 Å². The molecule has 5 heteroatoms. The van der Waals surface area contributed by atoms with Gasteiger partial charge in [-0.15, -0.1) is 0 Å². The summed E-state index contributed by atoms with van der Waals surface area (Å²) in [5.41, 5.74) is 3.21. The van der Waals surface area contributed by atoms with Gasteiger partial charge in [0.25, 0.3) is 0 Å². The minimum absolute atomic E-state index is 0.201. The van der Waals surface area contributed by atoms with Crippen LogP contribution in [0.25, 0.3) is 0 Å². The van der Waals surface area contributed by atoms with Crippen molar-refractivity contribution in [1.29, 1.82) is 0 Å². The quantitative estimate of drug-likeness (QED) is 0.801. The predicted octanol–water partition coefficient (Wildman–Crippen LogP) is 2.56. The van der Waals surface area contributed by atoms with Crippen LogP contribution in [-0.2, 0) is 9.84 Å². The molecule has 1 unspecified atom stereocenters. The van der Waals surface area contributed by atoms with E-state index in [9.17, 15) is 8.42 Å². The van der Waals surface area contributed by atoms with Crippen LogP contribution in [0.3, 0.4) is 0 Å². The van der Waals surface area contributed by atoms with E-state index < -0.39 is 9.84 Å². The van der Waals surface area contributed by atoms with Gasteiger partial charge < -0.3 is 5.32 Å². The second-order valence-electron chi connectivity index (χ2n) is 5.17. The van der Waals surface area contributed by atoms with Gasteiger partial charge in [-0.2, -0.15) is 0 Å². The highest BCUT2D eigenvalue weighted by Crippen LogP contribution is 2.20. The highest BCUT2D eigenvalue weighted by molar-refractivity contribution is 7.91. The smallest absolute Gasteiger partial charge is 0.150 e. The molecule has 0 aliphatic rings. The van der Waals surface area contributed by atoms with Crippen molar-refractivity contribution in [3.8, 4) is 0 Å². The van der Waals surface area contributed by atoms with Crippen molar-refractivity contribution in [2.45, 2.75) is 46.6 Å². The maximum atomic E-state index is 11.6. The number of hydrogen-bond donors (Lipinski definition) is 1. The molecule has 114 valence electrons. The summed E-state index contributed by atoms with van der Waals surface area (Å²) in [5, 5.41) is 3.44. The molecule has 1 N–H and O–H groups in total. The predicted molar refractivity (Wildman–Crippen MR) is 83.7 cm³/mol. The Morgan fingerprint density at radius 1 is 1.20 bits per heavy atom. The number of nitrogens with one attached hydrogen (secondary N) is 1. The van der Waals surface area contributed by atoms with Crippen molar-refractivity contribution in [1.82, 2.24) is 10.3 Å². The third-order valence-corrected chi connectivity index (χ3v) is 5.14. The van der Waals surface area contributed by atoms with Crippen molar-refractivity contribution in [2.24, 2.45) is 0 Å². The van der Waals surface area contributed by atoms with Crippen LogP contribution >= 0.6 is 0 Å². The fourth-order valence-corrected chi connectivity index (χ4v) is 3.25. The second-order valence-corrected chi connectivity index (χ2v) is 7.64. The summed E-state index contributed by atoms with van der Waals surface area (Å²) < 4.78 is 23.1. The fraction of sp³-hybridized carbons (Fsp3) is 0.667. The fourth-order valence-electron chi connectivity index (χ4n) is 2.35. The molecule has 0 fully saturated rings. The highest BCUT2D eigenvalue weighted by atomic mass is 32.2. The summed E-state index contributed by atoms with van der Waals surface area (Å²) in [6.07, 6.45) is 1.52. The average molecular weight is 298 g/mol. The van der Waals surface area contributed by atoms with E-state index in [1.165, 1.54) is 5.56 Å². The summed E-state index contributed by atoms with van der Waals surface area (Å²) in [7, 11) is -2.87. The van der Waals surface area contributed by atoms with Gasteiger partial charge in [-0.3, -0.25) is 4.98 Å². The van der Waals surface area contributed by atoms with Crippen molar-refractivity contribution in [2.75, 3.05) is 18.1 Å². The Bertz CT molecular complexity index is 506. The van der Waals surface area contributed by atoms with E-state index in [1.54, 1.807) is 6.92 Å². The Hall–Kier alpha value is -0.940. The molecule has 20 heavy (non-hydrogen) atoms. The van der Waals surface area contributed by atoms with E-state index in [-0.39, 0.29) is 17.5 Å². The minimum atomic E-state index is -2.87. The molecule has 1 aromatic rings. The molecule has 0 aromatic carbocycles. The molecular formula is C15H26N2O2S. The van der Waals surface area contributed by atoms with Gasteiger partial charge in [0.15, 0.2) is 0 Å². The average Bonchev–Trinajstić information content (AvgIpc) is 2.36. The standard InChI is InChI=1S/C15H26N2O2S/c1-5-16-15(8-7-9-20(18,19)6-2)14-10-12(3)17-13(4)11-14/h10-11,15-16H,5-9H2,1-4H3. The Balaban J connectivity index is 2.73. The lowest BCUT2D eigenvalue weighted by Gasteiger charge is -2.19. The summed E-state index contributed by atoms with van der Waals surface area (Å²) in [4.78, 5) is 4.39. The van der Waals surface area contributed by atoms with E-state index in [0.717, 1.165) is 24.4 Å². The molecule has 0 saturated carbocycles. The van der Waals surface area contributed by atoms with E-state index in [2.05, 4.69) is 29.4 Å². The topological polar surface area (TPSA) is 59.1 Å². The molecule has 0 bridgehead atoms. The first-order valence-electron chi connectivity index (χ1n) is 7.27. The zero-order valence-corrected chi connectivity index (χ0v) is 13.8. The van der Waals surface area contributed by atoms with Gasteiger partial charge in [0.05, 0.1) is 5.75 Å². The van der Waals surface area contributed by atoms with Gasteiger partial charge >= 0.3 is 0 Å². The number of pyridine rings is 1. The van der Waals surface area contributed by atoms with Crippen molar-refractivity contribution >= 4 is 9.84 Å². The van der Waals surface area contributed by atoms with Gasteiger partial charge in [0.1, 0.15) is 9.84 Å². The SMILES string of the molecule is CCNC(CCCS(=O)(=O)CC)c1cc(C)nc(C)c1. The molecule has 0 aliphatic heterocycles. The van der Waals surface area contributed by atoms with Gasteiger partial charge in [-0.05, 0) is 50.9 Å². The maximum Gasteiger partial charge on any atom is 0.150 e. The van der Waals surface area contributed by atoms with Gasteiger partial charge in [-0.25, -0.2) is 8.42 Å². The van der Waals surface area contributed by atoms with Crippen LogP contribution in [0.4, 0.5) is 0 Å². The first kappa shape index (κ1) is 17.1. The number of aromatic nitrogens is 1. The summed E-state index contributed by atoms with van der Waals surface area (Å²) in [6, 6.07) is 4.36. The normalized spacial score (nSPS) is 13.4. The van der Waals surface area contributed by atoms with Crippen molar-refractivity contribution in [3.63, 3.8) is 0 Å². The molecule has 1 atom stereocenters. The van der Waals surface area contributed by atoms with Crippen LogP contribution in [0.2, 0.25) is 0 Å². The molecule has 4 nitrogen and oxygen atoms in total. The van der Waals surface area contributed by atoms with Crippen molar-refractivity contribution in [3.05, 3.63) is 29.1 Å². The second kappa shape index (κ2) is 7.74. The minimum Gasteiger partial charge on any atom is -0.310 e. The first-order chi connectivity index (χ1) is 9.38. The molecule has 1 rings (SSSR count). The zero-order valence-electron chi connectivity index (χ0n) is 12.9. The maximum absolute atomic E-state index is 11.6. The molecule has 1 aromatic heterocycles. The van der Waals surface area contributed by atoms with Crippen LogP contribution in [-0.4, -0.2) is 31.5 Å². The number of rotatable bonds is 8. The Labute approximate surface area is 122 Å². The van der Waals surface area contributed by atoms with Crippen LogP contribution in [0.5, 0.6) is 0 Å². The Morgan fingerprint density at radius 3 is 2.30 bits per heavy atom. The Morgan fingerprint density at radius 2 is 1.80 bits per heavy atom. The molecule has 0 radical (unpaired) electrons. The number of sulfone groups is 1. The number of aryl methyl sites for hydroxylation is 2. The van der Waals surface area contributed by atoms with Gasteiger partial charge in [-0.1, -0.05) is 13.8 Å². The molecule has 0 aliphatic carbocycles. The van der Waals surface area contributed by atoms with Gasteiger partial charge in [0, 0.05) is 23.2 Å². The lowest BCUT2D eigenvalue weighted by molar-refractivity contribution is 0.505. The third-order valence-electron chi connectivity index (χ3n) is 3.34. The molecule has 1 heterocycles. The van der Waals surface area contributed by atoms with Crippen molar-refractivity contribution < 1.29 is 8.42 Å². The summed E-state index contributed by atoms with van der Waals surface area (Å²) >= 11 is 0. The summed E-state index contributed by atoms with van der Waals surface area (Å²) in [5.74, 6) is 0.501. The van der Waals surface area contributed by atoms with Gasteiger partial charge in [0.2, 0.25) is 0 Å². The van der Waals surface area contributed by atoms with Crippen LogP contribution in [0.1, 0.15) is 49.7 Å². The lowest BCUT2D eigenvalue weighted by atomic mass is 10.0. The number of nitrogens with zero attached hydrogens (tertiary/aromatic N) is 1. The van der Waals surface area contributed by atoms with E-state index in [4.69, 9.17) is 0 Å². The zero-order chi connectivity index (χ0) is 15.2. The summed E-state index contributed by atoms with van der Waals surface area (Å²) in [6.45, 7) is 8.61. The van der Waals surface area contributed by atoms with E-state index >= 15 is 0 Å². The number of hydrogen-bond acceptors (Lipinski definition) is 4. The monoisotopic (exact) mass is 298 g/mol. The molecule has 0 spiro atoms.